The monoisotopic (exact) mass is 299 g/mol. The van der Waals surface area contributed by atoms with Crippen LogP contribution in [0.2, 0.25) is 0 Å². The number of hydrogen-bond donors (Lipinski definition) is 1. The van der Waals surface area contributed by atoms with Gasteiger partial charge in [-0.3, -0.25) is 9.79 Å². The van der Waals surface area contributed by atoms with Gasteiger partial charge in [0, 0.05) is 33.1 Å². The summed E-state index contributed by atoms with van der Waals surface area (Å²) in [6.45, 7) is 6.78. The first-order chi connectivity index (χ1) is 10.1. The minimum Gasteiger partial charge on any atom is -0.469 e. The highest BCUT2D eigenvalue weighted by Gasteiger charge is 2.24. The molecule has 0 amide bonds. The minimum absolute atomic E-state index is 0.130. The van der Waals surface area contributed by atoms with Gasteiger partial charge in [0.15, 0.2) is 5.96 Å². The lowest BCUT2D eigenvalue weighted by Crippen LogP contribution is -2.52. The highest BCUT2D eigenvalue weighted by atomic mass is 16.5. The van der Waals surface area contributed by atoms with E-state index in [1.54, 1.807) is 0 Å². The van der Waals surface area contributed by atoms with Gasteiger partial charge in [-0.05, 0) is 26.7 Å². The van der Waals surface area contributed by atoms with Crippen LogP contribution in [0, 0.1) is 0 Å². The van der Waals surface area contributed by atoms with Crippen LogP contribution in [-0.4, -0.2) is 62.8 Å². The van der Waals surface area contributed by atoms with Crippen molar-refractivity contribution >= 4 is 11.9 Å². The zero-order valence-corrected chi connectivity index (χ0v) is 13.7. The molecule has 6 nitrogen and oxygen atoms in total. The fourth-order valence-electron chi connectivity index (χ4n) is 2.56. The molecule has 1 fully saturated rings. The largest absolute Gasteiger partial charge is 0.469 e. The lowest BCUT2D eigenvalue weighted by atomic mass is 10.2. The Balaban J connectivity index is 2.21. The van der Waals surface area contributed by atoms with E-state index >= 15 is 0 Å². The summed E-state index contributed by atoms with van der Waals surface area (Å²) in [5.74, 6) is 0.806. The van der Waals surface area contributed by atoms with Crippen LogP contribution in [0.25, 0.3) is 0 Å². The number of unbranched alkanes of at least 4 members (excludes halogenated alkanes) is 2. The van der Waals surface area contributed by atoms with Crippen LogP contribution in [0.15, 0.2) is 4.99 Å². The second-order valence-electron chi connectivity index (χ2n) is 5.52. The minimum atomic E-state index is -0.130. The van der Waals surface area contributed by atoms with Gasteiger partial charge in [-0.2, -0.15) is 0 Å². The van der Waals surface area contributed by atoms with Crippen LogP contribution < -0.4 is 5.32 Å². The van der Waals surface area contributed by atoms with Gasteiger partial charge in [-0.1, -0.05) is 6.42 Å². The molecule has 0 aliphatic carbocycles. The second kappa shape index (κ2) is 9.60. The number of nitrogens with zero attached hydrogens (tertiary/aromatic N) is 2. The number of guanidine groups is 1. The third kappa shape index (κ3) is 6.80. The number of rotatable bonds is 6. The molecular weight excluding hydrogens is 270 g/mol. The van der Waals surface area contributed by atoms with Crippen molar-refractivity contribution in [2.24, 2.45) is 4.99 Å². The average Bonchev–Trinajstić information content (AvgIpc) is 2.45. The van der Waals surface area contributed by atoms with Crippen molar-refractivity contribution in [3.8, 4) is 0 Å². The molecule has 0 radical (unpaired) electrons. The molecule has 2 atom stereocenters. The summed E-state index contributed by atoms with van der Waals surface area (Å²) >= 11 is 0. The van der Waals surface area contributed by atoms with E-state index in [4.69, 9.17) is 4.74 Å². The van der Waals surface area contributed by atoms with Gasteiger partial charge in [0.2, 0.25) is 0 Å². The smallest absolute Gasteiger partial charge is 0.305 e. The highest BCUT2D eigenvalue weighted by Crippen LogP contribution is 2.10. The Morgan fingerprint density at radius 2 is 1.95 bits per heavy atom. The maximum absolute atomic E-state index is 11.0. The normalized spacial score (nSPS) is 23.0. The van der Waals surface area contributed by atoms with Crippen molar-refractivity contribution in [1.29, 1.82) is 0 Å². The fraction of sp³-hybridized carbons (Fsp3) is 0.867. The molecule has 0 aromatic heterocycles. The lowest BCUT2D eigenvalue weighted by Gasteiger charge is -2.37. The number of esters is 1. The van der Waals surface area contributed by atoms with E-state index in [9.17, 15) is 4.79 Å². The van der Waals surface area contributed by atoms with Gasteiger partial charge < -0.3 is 19.7 Å². The van der Waals surface area contributed by atoms with Crippen LogP contribution in [0.4, 0.5) is 0 Å². The summed E-state index contributed by atoms with van der Waals surface area (Å²) in [6.07, 6.45) is 3.86. The SMILES string of the molecule is CN=C(NCCCCCC(=O)OC)N1C[C@H](C)O[C@@H](C)C1. The first-order valence-corrected chi connectivity index (χ1v) is 7.74. The number of methoxy groups -OCH3 is 1. The zero-order chi connectivity index (χ0) is 15.7. The Morgan fingerprint density at radius 3 is 2.52 bits per heavy atom. The van der Waals surface area contributed by atoms with Gasteiger partial charge in [0.25, 0.3) is 0 Å². The molecule has 0 bridgehead atoms. The molecule has 1 N–H and O–H groups in total. The molecule has 0 saturated carbocycles. The number of morpholine rings is 1. The van der Waals surface area contributed by atoms with E-state index in [0.717, 1.165) is 44.9 Å². The first-order valence-electron chi connectivity index (χ1n) is 7.74. The van der Waals surface area contributed by atoms with Gasteiger partial charge in [-0.15, -0.1) is 0 Å². The topological polar surface area (TPSA) is 63.2 Å². The maximum Gasteiger partial charge on any atom is 0.305 e. The van der Waals surface area contributed by atoms with Crippen LogP contribution >= 0.6 is 0 Å². The molecule has 1 aliphatic heterocycles. The summed E-state index contributed by atoms with van der Waals surface area (Å²) in [5, 5.41) is 3.39. The second-order valence-corrected chi connectivity index (χ2v) is 5.52. The van der Waals surface area contributed by atoms with Gasteiger partial charge in [0.05, 0.1) is 19.3 Å². The predicted molar refractivity (Wildman–Crippen MR) is 83.4 cm³/mol. The number of carbonyl (C=O) groups is 1. The third-order valence-corrected chi connectivity index (χ3v) is 3.50. The number of hydrogen-bond acceptors (Lipinski definition) is 4. The zero-order valence-electron chi connectivity index (χ0n) is 13.7. The number of aliphatic imine (C=N–C) groups is 1. The first kappa shape index (κ1) is 17.8. The van der Waals surface area contributed by atoms with E-state index in [2.05, 4.69) is 33.8 Å². The summed E-state index contributed by atoms with van der Waals surface area (Å²) < 4.78 is 10.4. The molecular formula is C15H29N3O3. The Labute approximate surface area is 127 Å². The van der Waals surface area contributed by atoms with E-state index in [1.165, 1.54) is 7.11 Å². The molecule has 0 unspecified atom stereocenters. The number of nitrogens with one attached hydrogen (secondary N) is 1. The number of carbonyl (C=O) groups excluding carboxylic acids is 1. The molecule has 0 aromatic carbocycles. The Bertz CT molecular complexity index is 337. The van der Waals surface area contributed by atoms with E-state index in [0.29, 0.717) is 6.42 Å². The quantitative estimate of drug-likeness (QED) is 0.348. The van der Waals surface area contributed by atoms with Crippen molar-refractivity contribution in [1.82, 2.24) is 10.2 Å². The predicted octanol–water partition coefficient (Wildman–Crippen LogP) is 1.40. The van der Waals surface area contributed by atoms with Crippen molar-refractivity contribution in [3.63, 3.8) is 0 Å². The van der Waals surface area contributed by atoms with E-state index < -0.39 is 0 Å². The van der Waals surface area contributed by atoms with E-state index in [-0.39, 0.29) is 18.2 Å². The molecule has 1 heterocycles. The van der Waals surface area contributed by atoms with Crippen LogP contribution in [-0.2, 0) is 14.3 Å². The molecule has 1 saturated heterocycles. The van der Waals surface area contributed by atoms with Crippen molar-refractivity contribution in [2.75, 3.05) is 33.8 Å². The van der Waals surface area contributed by atoms with Gasteiger partial charge >= 0.3 is 5.97 Å². The molecule has 0 spiro atoms. The molecule has 1 aliphatic rings. The Morgan fingerprint density at radius 1 is 1.29 bits per heavy atom. The Kier molecular flexibility index (Phi) is 8.12. The molecule has 0 aromatic rings. The molecule has 6 heteroatoms. The van der Waals surface area contributed by atoms with Crippen LogP contribution in [0.1, 0.15) is 39.5 Å². The average molecular weight is 299 g/mol. The summed E-state index contributed by atoms with van der Waals surface area (Å²) in [6, 6.07) is 0. The summed E-state index contributed by atoms with van der Waals surface area (Å²) in [7, 11) is 3.24. The van der Waals surface area contributed by atoms with Gasteiger partial charge in [0.1, 0.15) is 0 Å². The van der Waals surface area contributed by atoms with Crippen molar-refractivity contribution < 1.29 is 14.3 Å². The summed E-state index contributed by atoms with van der Waals surface area (Å²) in [5.41, 5.74) is 0. The fourth-order valence-corrected chi connectivity index (χ4v) is 2.56. The van der Waals surface area contributed by atoms with E-state index in [1.807, 2.05) is 7.05 Å². The van der Waals surface area contributed by atoms with Gasteiger partial charge in [-0.25, -0.2) is 0 Å². The standard InChI is InChI=1S/C15H29N3O3/c1-12-10-18(11-13(2)21-12)15(16-3)17-9-7-5-6-8-14(19)20-4/h12-13H,5-11H2,1-4H3,(H,16,17)/t12-,13-/m0/s1. The molecule has 21 heavy (non-hydrogen) atoms. The summed E-state index contributed by atoms with van der Waals surface area (Å²) in [4.78, 5) is 17.6. The highest BCUT2D eigenvalue weighted by molar-refractivity contribution is 5.80. The lowest BCUT2D eigenvalue weighted by molar-refractivity contribution is -0.140. The Hall–Kier alpha value is -1.30. The maximum atomic E-state index is 11.0. The van der Waals surface area contributed by atoms with Crippen molar-refractivity contribution in [3.05, 3.63) is 0 Å². The van der Waals surface area contributed by atoms with Crippen molar-refractivity contribution in [2.45, 2.75) is 51.7 Å². The van der Waals surface area contributed by atoms with Crippen LogP contribution in [0.5, 0.6) is 0 Å². The van der Waals surface area contributed by atoms with Crippen LogP contribution in [0.3, 0.4) is 0 Å². The molecule has 122 valence electrons. The number of ether oxygens (including phenoxy) is 2. The third-order valence-electron chi connectivity index (χ3n) is 3.50. The molecule has 1 rings (SSSR count).